The lowest BCUT2D eigenvalue weighted by Crippen LogP contribution is -2.49. The van der Waals surface area contributed by atoms with E-state index in [-0.39, 0.29) is 5.91 Å². The average molecular weight is 418 g/mol. The minimum atomic E-state index is -0.0490. The summed E-state index contributed by atoms with van der Waals surface area (Å²) in [6.45, 7) is 4.47. The maximum absolute atomic E-state index is 13.1. The quantitative estimate of drug-likeness (QED) is 0.668. The Morgan fingerprint density at radius 2 is 1.84 bits per heavy atom. The van der Waals surface area contributed by atoms with Crippen molar-refractivity contribution in [3.63, 3.8) is 0 Å². The van der Waals surface area contributed by atoms with Crippen LogP contribution in [0, 0.1) is 0 Å². The molecule has 31 heavy (non-hydrogen) atoms. The molecule has 0 radical (unpaired) electrons. The van der Waals surface area contributed by atoms with Crippen LogP contribution in [0.5, 0.6) is 0 Å². The number of nitrogens with one attached hydrogen (secondary N) is 1. The number of carbonyl (C=O) groups is 1. The molecule has 2 heterocycles. The third-order valence-corrected chi connectivity index (χ3v) is 5.97. The minimum absolute atomic E-state index is 0.0490. The summed E-state index contributed by atoms with van der Waals surface area (Å²) in [5.74, 6) is 0.735. The number of likely N-dealkylation sites (N-methyl/N-ethyl adjacent to an activating group) is 1. The fourth-order valence-corrected chi connectivity index (χ4v) is 4.20. The van der Waals surface area contributed by atoms with E-state index in [1.165, 1.54) is 5.56 Å². The molecule has 6 heteroatoms. The molecule has 1 unspecified atom stereocenters. The number of hydrogen-bond acceptors (Lipinski definition) is 5. The molecule has 4 rings (SSSR count). The Labute approximate surface area is 184 Å². The van der Waals surface area contributed by atoms with E-state index in [1.54, 1.807) is 0 Å². The van der Waals surface area contributed by atoms with Gasteiger partial charge in [0.05, 0.1) is 11.1 Å². The van der Waals surface area contributed by atoms with Crippen LogP contribution in [0.25, 0.3) is 10.9 Å². The first kappa shape index (κ1) is 21.3. The second-order valence-corrected chi connectivity index (χ2v) is 8.42. The Kier molecular flexibility index (Phi) is 6.49. The molecule has 0 bridgehead atoms. The Hall–Kier alpha value is -2.96. The van der Waals surface area contributed by atoms with E-state index >= 15 is 0 Å². The lowest BCUT2D eigenvalue weighted by atomic mass is 10.0. The van der Waals surface area contributed by atoms with Gasteiger partial charge in [0, 0.05) is 58.2 Å². The molecule has 0 spiro atoms. The first-order valence-electron chi connectivity index (χ1n) is 10.9. The van der Waals surface area contributed by atoms with E-state index in [1.807, 2.05) is 49.3 Å². The zero-order chi connectivity index (χ0) is 21.8. The van der Waals surface area contributed by atoms with Crippen molar-refractivity contribution >= 4 is 22.6 Å². The van der Waals surface area contributed by atoms with Crippen LogP contribution in [0.1, 0.15) is 22.0 Å². The lowest BCUT2D eigenvalue weighted by molar-refractivity contribution is 0.0844. The summed E-state index contributed by atoms with van der Waals surface area (Å²) in [4.78, 5) is 24.5. The van der Waals surface area contributed by atoms with Crippen molar-refractivity contribution in [2.75, 3.05) is 58.8 Å². The Morgan fingerprint density at radius 1 is 1.10 bits per heavy atom. The fraction of sp³-hybridized carbons (Fsp3) is 0.360. The van der Waals surface area contributed by atoms with Gasteiger partial charge in [-0.2, -0.15) is 0 Å². The zero-order valence-corrected chi connectivity index (χ0v) is 18.6. The molecule has 1 aliphatic rings. The second kappa shape index (κ2) is 9.45. The van der Waals surface area contributed by atoms with Crippen LogP contribution in [0.15, 0.2) is 60.7 Å². The lowest BCUT2D eigenvalue weighted by Gasteiger charge is -2.40. The minimum Gasteiger partial charge on any atom is -0.363 e. The number of carbonyl (C=O) groups excluding carboxylic acids is 1. The van der Waals surface area contributed by atoms with Crippen molar-refractivity contribution in [2.45, 2.75) is 6.04 Å². The van der Waals surface area contributed by atoms with E-state index < -0.39 is 0 Å². The molecule has 3 aromatic rings. The van der Waals surface area contributed by atoms with Crippen LogP contribution in [-0.2, 0) is 0 Å². The number of pyridine rings is 1. The SMILES string of the molecule is CN1CCN(CCNC(=O)c2cc(N(C)C)nc3ccccc23)C(c2ccccc2)C1. The molecule has 0 saturated carbocycles. The van der Waals surface area contributed by atoms with Crippen molar-refractivity contribution in [3.05, 3.63) is 71.8 Å². The molecular formula is C25H31N5O. The van der Waals surface area contributed by atoms with E-state index in [2.05, 4.69) is 57.5 Å². The molecule has 0 aliphatic carbocycles. The van der Waals surface area contributed by atoms with Gasteiger partial charge in [-0.15, -0.1) is 0 Å². The van der Waals surface area contributed by atoms with E-state index in [4.69, 9.17) is 0 Å². The number of anilines is 1. The van der Waals surface area contributed by atoms with Crippen LogP contribution >= 0.6 is 0 Å². The third-order valence-electron chi connectivity index (χ3n) is 5.97. The summed E-state index contributed by atoms with van der Waals surface area (Å²) in [6, 6.07) is 20.7. The summed E-state index contributed by atoms with van der Waals surface area (Å²) >= 11 is 0. The van der Waals surface area contributed by atoms with Gasteiger partial charge in [0.15, 0.2) is 0 Å². The molecule has 1 N–H and O–H groups in total. The molecular weight excluding hydrogens is 386 g/mol. The topological polar surface area (TPSA) is 51.7 Å². The van der Waals surface area contributed by atoms with E-state index in [0.717, 1.165) is 42.9 Å². The van der Waals surface area contributed by atoms with Gasteiger partial charge in [-0.05, 0) is 24.7 Å². The van der Waals surface area contributed by atoms with Crippen molar-refractivity contribution in [3.8, 4) is 0 Å². The predicted molar refractivity (Wildman–Crippen MR) is 127 cm³/mol. The average Bonchev–Trinajstić information content (AvgIpc) is 2.79. The highest BCUT2D eigenvalue weighted by Gasteiger charge is 2.26. The number of benzene rings is 2. The highest BCUT2D eigenvalue weighted by atomic mass is 16.1. The molecule has 1 amide bonds. The molecule has 1 atom stereocenters. The molecule has 1 fully saturated rings. The maximum atomic E-state index is 13.1. The number of aromatic nitrogens is 1. The van der Waals surface area contributed by atoms with Crippen molar-refractivity contribution < 1.29 is 4.79 Å². The first-order valence-corrected chi connectivity index (χ1v) is 10.9. The number of nitrogens with zero attached hydrogens (tertiary/aromatic N) is 4. The normalized spacial score (nSPS) is 17.6. The molecule has 1 saturated heterocycles. The van der Waals surface area contributed by atoms with Crippen molar-refractivity contribution in [2.24, 2.45) is 0 Å². The third kappa shape index (κ3) is 4.86. The Morgan fingerprint density at radius 3 is 2.61 bits per heavy atom. The number of rotatable bonds is 6. The van der Waals surface area contributed by atoms with Crippen LogP contribution in [0.4, 0.5) is 5.82 Å². The largest absolute Gasteiger partial charge is 0.363 e. The Balaban J connectivity index is 1.46. The number of piperazine rings is 1. The summed E-state index contributed by atoms with van der Waals surface area (Å²) < 4.78 is 0. The van der Waals surface area contributed by atoms with Gasteiger partial charge in [0.2, 0.25) is 0 Å². The molecule has 1 aliphatic heterocycles. The van der Waals surface area contributed by atoms with Gasteiger partial charge in [-0.3, -0.25) is 9.69 Å². The highest BCUT2D eigenvalue weighted by Crippen LogP contribution is 2.25. The standard InChI is InChI=1S/C25H31N5O/c1-28(2)24-17-21(20-11-7-8-12-22(20)27-24)25(31)26-13-14-30-16-15-29(3)18-23(30)19-9-5-4-6-10-19/h4-12,17,23H,13-16,18H2,1-3H3,(H,26,31). The molecule has 162 valence electrons. The van der Waals surface area contributed by atoms with Crippen molar-refractivity contribution in [1.29, 1.82) is 0 Å². The van der Waals surface area contributed by atoms with Gasteiger partial charge >= 0.3 is 0 Å². The van der Waals surface area contributed by atoms with Gasteiger partial charge in [-0.25, -0.2) is 4.98 Å². The number of fused-ring (bicyclic) bond motifs is 1. The van der Waals surface area contributed by atoms with Gasteiger partial charge in [0.25, 0.3) is 5.91 Å². The van der Waals surface area contributed by atoms with E-state index in [9.17, 15) is 4.79 Å². The summed E-state index contributed by atoms with van der Waals surface area (Å²) in [5, 5.41) is 4.03. The highest BCUT2D eigenvalue weighted by molar-refractivity contribution is 6.07. The molecule has 2 aromatic carbocycles. The Bertz CT molecular complexity index is 1040. The number of amides is 1. The monoisotopic (exact) mass is 417 g/mol. The molecule has 6 nitrogen and oxygen atoms in total. The number of hydrogen-bond donors (Lipinski definition) is 1. The smallest absolute Gasteiger partial charge is 0.252 e. The van der Waals surface area contributed by atoms with Crippen LogP contribution < -0.4 is 10.2 Å². The van der Waals surface area contributed by atoms with Gasteiger partial charge < -0.3 is 15.1 Å². The van der Waals surface area contributed by atoms with E-state index in [0.29, 0.717) is 18.2 Å². The summed E-state index contributed by atoms with van der Waals surface area (Å²) in [5.41, 5.74) is 2.84. The second-order valence-electron chi connectivity index (χ2n) is 8.42. The van der Waals surface area contributed by atoms with Gasteiger partial charge in [0.1, 0.15) is 5.82 Å². The molecule has 1 aromatic heterocycles. The van der Waals surface area contributed by atoms with Crippen LogP contribution in [-0.4, -0.2) is 74.6 Å². The van der Waals surface area contributed by atoms with Crippen molar-refractivity contribution in [1.82, 2.24) is 20.1 Å². The maximum Gasteiger partial charge on any atom is 0.252 e. The zero-order valence-electron chi connectivity index (χ0n) is 18.6. The number of para-hydroxylation sites is 1. The first-order chi connectivity index (χ1) is 15.0. The predicted octanol–water partition coefficient (Wildman–Crippen LogP) is 3.02. The van der Waals surface area contributed by atoms with Gasteiger partial charge in [-0.1, -0.05) is 48.5 Å². The summed E-state index contributed by atoms with van der Waals surface area (Å²) in [7, 11) is 6.05. The van der Waals surface area contributed by atoms with Crippen LogP contribution in [0.2, 0.25) is 0 Å². The fourth-order valence-electron chi connectivity index (χ4n) is 4.20. The van der Waals surface area contributed by atoms with Crippen LogP contribution in [0.3, 0.4) is 0 Å². The summed E-state index contributed by atoms with van der Waals surface area (Å²) in [6.07, 6.45) is 0.